The van der Waals surface area contributed by atoms with E-state index in [0.717, 1.165) is 61.4 Å². The summed E-state index contributed by atoms with van der Waals surface area (Å²) in [6.45, 7) is 0. The number of aromatic nitrogens is 1. The zero-order valence-corrected chi connectivity index (χ0v) is 34.4. The molecule has 12 rings (SSSR count). The number of nitrogens with zero attached hydrogens (tertiary/aromatic N) is 2. The fourth-order valence-electron chi connectivity index (χ4n) is 9.43. The highest BCUT2D eigenvalue weighted by atomic mass is 16.3. The van der Waals surface area contributed by atoms with Crippen LogP contribution in [0.5, 0.6) is 0 Å². The third-order valence-corrected chi connectivity index (χ3v) is 12.4. The molecule has 0 N–H and O–H groups in total. The van der Waals surface area contributed by atoms with Gasteiger partial charge in [0.05, 0.1) is 16.7 Å². The Kier molecular flexibility index (Phi) is 8.83. The number of hydrogen-bond donors (Lipinski definition) is 0. The van der Waals surface area contributed by atoms with Crippen molar-refractivity contribution in [3.63, 3.8) is 0 Å². The minimum absolute atomic E-state index is 0.895. The minimum Gasteiger partial charge on any atom is -0.455 e. The van der Waals surface area contributed by atoms with Gasteiger partial charge in [-0.3, -0.25) is 0 Å². The number of fused-ring (bicyclic) bond motifs is 6. The number of hydrogen-bond acceptors (Lipinski definition) is 2. The Balaban J connectivity index is 0.969. The number of furan rings is 1. The summed E-state index contributed by atoms with van der Waals surface area (Å²) in [5.74, 6) is 0. The van der Waals surface area contributed by atoms with Crippen LogP contribution < -0.4 is 4.90 Å². The van der Waals surface area contributed by atoms with Crippen molar-refractivity contribution in [1.29, 1.82) is 0 Å². The summed E-state index contributed by atoms with van der Waals surface area (Å²) in [4.78, 5) is 2.36. The number of anilines is 3. The molecular weight excluding hydrogens is 765 g/mol. The van der Waals surface area contributed by atoms with E-state index in [9.17, 15) is 0 Å². The van der Waals surface area contributed by atoms with Gasteiger partial charge in [-0.15, -0.1) is 0 Å². The first-order valence-corrected chi connectivity index (χ1v) is 21.5. The standard InChI is InChI=1S/C60H40N2O/c1-2-15-41(16-3-1)44-17-12-18-45(39-44)42-31-35-47(36-32-42)61(49-20-13-19-46(40-49)51-25-14-26-55-54-24-7-11-30-59(54)63-60(51)55)48-37-33-43(34-38-48)50-21-4-8-27-56(50)62-57-28-9-5-22-52(57)53-23-6-10-29-58(53)62/h1-40H. The Bertz CT molecular complexity index is 3560. The van der Waals surface area contributed by atoms with Gasteiger partial charge in [0.1, 0.15) is 11.2 Å². The first kappa shape index (κ1) is 36.5. The van der Waals surface area contributed by atoms with Crippen molar-refractivity contribution < 1.29 is 4.42 Å². The van der Waals surface area contributed by atoms with Crippen LogP contribution in [0.4, 0.5) is 17.1 Å². The molecule has 2 aromatic heterocycles. The van der Waals surface area contributed by atoms with Crippen LogP contribution in [0.15, 0.2) is 247 Å². The van der Waals surface area contributed by atoms with Gasteiger partial charge in [-0.05, 0) is 100 Å². The lowest BCUT2D eigenvalue weighted by atomic mass is 9.98. The van der Waals surface area contributed by atoms with E-state index in [1.165, 1.54) is 49.6 Å². The van der Waals surface area contributed by atoms with E-state index < -0.39 is 0 Å². The summed E-state index contributed by atoms with van der Waals surface area (Å²) in [5, 5.41) is 4.75. The summed E-state index contributed by atoms with van der Waals surface area (Å²) in [5.41, 5.74) is 17.8. The van der Waals surface area contributed by atoms with Gasteiger partial charge in [0.25, 0.3) is 0 Å². The number of rotatable bonds is 8. The summed E-state index contributed by atoms with van der Waals surface area (Å²) in [6, 6.07) is 87.0. The fraction of sp³-hybridized carbons (Fsp3) is 0. The van der Waals surface area contributed by atoms with Gasteiger partial charge < -0.3 is 13.9 Å². The molecule has 296 valence electrons. The highest BCUT2D eigenvalue weighted by molar-refractivity contribution is 6.11. The maximum atomic E-state index is 6.52. The quantitative estimate of drug-likeness (QED) is 0.153. The van der Waals surface area contributed by atoms with Crippen molar-refractivity contribution in [3.8, 4) is 50.2 Å². The lowest BCUT2D eigenvalue weighted by molar-refractivity contribution is 0.670. The topological polar surface area (TPSA) is 21.3 Å². The van der Waals surface area contributed by atoms with Gasteiger partial charge in [-0.25, -0.2) is 0 Å². The lowest BCUT2D eigenvalue weighted by Crippen LogP contribution is -2.10. The van der Waals surface area contributed by atoms with Crippen molar-refractivity contribution >= 4 is 60.8 Å². The summed E-state index contributed by atoms with van der Waals surface area (Å²) in [7, 11) is 0. The zero-order chi connectivity index (χ0) is 41.7. The maximum Gasteiger partial charge on any atom is 0.143 e. The summed E-state index contributed by atoms with van der Waals surface area (Å²) >= 11 is 0. The van der Waals surface area contributed by atoms with E-state index in [1.807, 2.05) is 12.1 Å². The molecule has 0 saturated heterocycles. The minimum atomic E-state index is 0.895. The molecule has 63 heavy (non-hydrogen) atoms. The molecule has 0 aliphatic carbocycles. The fourth-order valence-corrected chi connectivity index (χ4v) is 9.43. The van der Waals surface area contributed by atoms with E-state index in [-0.39, 0.29) is 0 Å². The van der Waals surface area contributed by atoms with Crippen LogP contribution in [0, 0.1) is 0 Å². The molecule has 0 aliphatic heterocycles. The SMILES string of the molecule is c1ccc(-c2cccc(-c3ccc(N(c4ccc(-c5ccccc5-n5c6ccccc6c6ccccc65)cc4)c4cccc(-c5cccc6c5oc5ccccc56)c4)cc3)c2)cc1. The molecule has 0 saturated carbocycles. The highest BCUT2D eigenvalue weighted by Gasteiger charge is 2.19. The molecule has 0 amide bonds. The largest absolute Gasteiger partial charge is 0.455 e. The molecule has 3 nitrogen and oxygen atoms in total. The smallest absolute Gasteiger partial charge is 0.143 e. The molecule has 0 radical (unpaired) electrons. The molecule has 0 fully saturated rings. The molecule has 2 heterocycles. The zero-order valence-electron chi connectivity index (χ0n) is 34.4. The van der Waals surface area contributed by atoms with Gasteiger partial charge in [0.2, 0.25) is 0 Å². The Morgan fingerprint density at radius 2 is 0.810 bits per heavy atom. The van der Waals surface area contributed by atoms with E-state index in [0.29, 0.717) is 0 Å². The molecular formula is C60H40N2O. The van der Waals surface area contributed by atoms with Crippen LogP contribution in [0.1, 0.15) is 0 Å². The van der Waals surface area contributed by atoms with Gasteiger partial charge in [-0.1, -0.05) is 176 Å². The average molecular weight is 805 g/mol. The predicted molar refractivity (Wildman–Crippen MR) is 264 cm³/mol. The average Bonchev–Trinajstić information content (AvgIpc) is 3.91. The monoisotopic (exact) mass is 804 g/mol. The Morgan fingerprint density at radius 1 is 0.302 bits per heavy atom. The molecule has 0 atom stereocenters. The first-order chi connectivity index (χ1) is 31.2. The summed E-state index contributed by atoms with van der Waals surface area (Å²) in [6.07, 6.45) is 0. The van der Waals surface area contributed by atoms with Crippen LogP contribution in [-0.2, 0) is 0 Å². The van der Waals surface area contributed by atoms with Crippen molar-refractivity contribution in [2.45, 2.75) is 0 Å². The lowest BCUT2D eigenvalue weighted by Gasteiger charge is -2.26. The van der Waals surface area contributed by atoms with Crippen LogP contribution in [-0.4, -0.2) is 4.57 Å². The molecule has 3 heteroatoms. The number of benzene rings is 10. The third kappa shape index (κ3) is 6.38. The second kappa shape index (κ2) is 15.3. The Labute approximate surface area is 366 Å². The van der Waals surface area contributed by atoms with Crippen molar-refractivity contribution in [2.75, 3.05) is 4.90 Å². The second-order valence-electron chi connectivity index (χ2n) is 16.1. The van der Waals surface area contributed by atoms with Gasteiger partial charge in [0, 0.05) is 49.7 Å². The molecule has 0 aliphatic rings. The second-order valence-corrected chi connectivity index (χ2v) is 16.1. The molecule has 10 aromatic carbocycles. The van der Waals surface area contributed by atoms with Crippen LogP contribution in [0.25, 0.3) is 93.9 Å². The van der Waals surface area contributed by atoms with E-state index in [1.54, 1.807) is 0 Å². The molecule has 0 spiro atoms. The normalized spacial score (nSPS) is 11.5. The molecule has 0 bridgehead atoms. The van der Waals surface area contributed by atoms with Gasteiger partial charge in [-0.2, -0.15) is 0 Å². The maximum absolute atomic E-state index is 6.52. The van der Waals surface area contributed by atoms with Crippen molar-refractivity contribution in [2.24, 2.45) is 0 Å². The van der Waals surface area contributed by atoms with E-state index in [2.05, 4.69) is 240 Å². The Hall–Kier alpha value is -8.40. The van der Waals surface area contributed by atoms with Crippen molar-refractivity contribution in [3.05, 3.63) is 243 Å². The molecule has 12 aromatic rings. The van der Waals surface area contributed by atoms with Crippen LogP contribution in [0.3, 0.4) is 0 Å². The summed E-state index contributed by atoms with van der Waals surface area (Å²) < 4.78 is 8.93. The van der Waals surface area contributed by atoms with Crippen LogP contribution in [0.2, 0.25) is 0 Å². The van der Waals surface area contributed by atoms with Gasteiger partial charge in [0.15, 0.2) is 0 Å². The predicted octanol–water partition coefficient (Wildman–Crippen LogP) is 16.8. The highest BCUT2D eigenvalue weighted by Crippen LogP contribution is 2.42. The van der Waals surface area contributed by atoms with Gasteiger partial charge >= 0.3 is 0 Å². The van der Waals surface area contributed by atoms with E-state index >= 15 is 0 Å². The number of para-hydroxylation sites is 5. The van der Waals surface area contributed by atoms with E-state index in [4.69, 9.17) is 4.42 Å². The van der Waals surface area contributed by atoms with Crippen molar-refractivity contribution in [1.82, 2.24) is 4.57 Å². The third-order valence-electron chi connectivity index (χ3n) is 12.4. The Morgan fingerprint density at radius 3 is 1.54 bits per heavy atom. The first-order valence-electron chi connectivity index (χ1n) is 21.5. The molecule has 0 unspecified atom stereocenters. The van der Waals surface area contributed by atoms with Crippen LogP contribution >= 0.6 is 0 Å².